The average molecular weight is 297 g/mol. The maximum absolute atomic E-state index is 12.1. The lowest BCUT2D eigenvalue weighted by molar-refractivity contribution is 0.0796. The van der Waals surface area contributed by atoms with Crippen molar-refractivity contribution in [3.63, 3.8) is 0 Å². The maximum Gasteiger partial charge on any atom is 0.271 e. The molecule has 1 aliphatic rings. The number of rotatable bonds is 4. The Hall–Kier alpha value is -1.20. The minimum Gasteiger partial charge on any atom is -0.349 e. The molecule has 1 aliphatic carbocycles. The van der Waals surface area contributed by atoms with Crippen molar-refractivity contribution in [2.24, 2.45) is 0 Å². The van der Waals surface area contributed by atoms with Crippen molar-refractivity contribution < 1.29 is 4.79 Å². The lowest BCUT2D eigenvalue weighted by Gasteiger charge is -2.43. The van der Waals surface area contributed by atoms with E-state index in [0.29, 0.717) is 6.54 Å². The highest BCUT2D eigenvalue weighted by Gasteiger charge is 2.34. The van der Waals surface area contributed by atoms with Crippen LogP contribution >= 0.6 is 11.6 Å². The van der Waals surface area contributed by atoms with Gasteiger partial charge in [-0.25, -0.2) is 4.98 Å². The van der Waals surface area contributed by atoms with Gasteiger partial charge in [-0.2, -0.15) is 0 Å². The molecule has 1 N–H and O–H groups in total. The van der Waals surface area contributed by atoms with Gasteiger partial charge in [0.05, 0.1) is 12.4 Å². The first-order chi connectivity index (χ1) is 9.53. The van der Waals surface area contributed by atoms with Gasteiger partial charge in [0.25, 0.3) is 5.91 Å². The van der Waals surface area contributed by atoms with Crippen LogP contribution in [0.2, 0.25) is 5.15 Å². The van der Waals surface area contributed by atoms with Crippen LogP contribution in [0, 0.1) is 0 Å². The molecule has 1 heterocycles. The molecular formula is C14H21ClN4O. The molecule has 0 radical (unpaired) electrons. The number of hydrogen-bond acceptors (Lipinski definition) is 4. The summed E-state index contributed by atoms with van der Waals surface area (Å²) < 4.78 is 0. The number of nitrogens with zero attached hydrogens (tertiary/aromatic N) is 3. The molecule has 1 aromatic heterocycles. The van der Waals surface area contributed by atoms with Crippen LogP contribution in [0.1, 0.15) is 42.6 Å². The minimum absolute atomic E-state index is 0.0555. The number of amides is 1. The van der Waals surface area contributed by atoms with Crippen LogP contribution < -0.4 is 5.32 Å². The molecule has 2 rings (SSSR count). The predicted octanol–water partition coefficient (Wildman–Crippen LogP) is 2.12. The first-order valence-corrected chi connectivity index (χ1v) is 7.34. The third-order valence-corrected chi connectivity index (χ3v) is 4.33. The Bertz CT molecular complexity index is 472. The van der Waals surface area contributed by atoms with E-state index in [1.165, 1.54) is 31.7 Å². The van der Waals surface area contributed by atoms with E-state index in [1.807, 2.05) is 0 Å². The largest absolute Gasteiger partial charge is 0.349 e. The summed E-state index contributed by atoms with van der Waals surface area (Å²) in [5.41, 5.74) is 0.321. The highest BCUT2D eigenvalue weighted by Crippen LogP contribution is 2.31. The Morgan fingerprint density at radius 2 is 2.05 bits per heavy atom. The smallest absolute Gasteiger partial charge is 0.271 e. The Balaban J connectivity index is 2.00. The molecule has 110 valence electrons. The van der Waals surface area contributed by atoms with Crippen molar-refractivity contribution in [2.45, 2.75) is 37.6 Å². The van der Waals surface area contributed by atoms with Crippen molar-refractivity contribution >= 4 is 17.5 Å². The molecule has 1 saturated carbocycles. The Kier molecular flexibility index (Phi) is 4.94. The van der Waals surface area contributed by atoms with Crippen LogP contribution in [0.3, 0.4) is 0 Å². The van der Waals surface area contributed by atoms with Crippen LogP contribution in [-0.4, -0.2) is 47.0 Å². The van der Waals surface area contributed by atoms with Gasteiger partial charge >= 0.3 is 0 Å². The Morgan fingerprint density at radius 1 is 1.35 bits per heavy atom. The van der Waals surface area contributed by atoms with Crippen LogP contribution in [0.25, 0.3) is 0 Å². The van der Waals surface area contributed by atoms with Crippen LogP contribution in [0.5, 0.6) is 0 Å². The van der Waals surface area contributed by atoms with E-state index < -0.39 is 0 Å². The van der Waals surface area contributed by atoms with Crippen molar-refractivity contribution in [3.05, 3.63) is 23.2 Å². The fraction of sp³-hybridized carbons (Fsp3) is 0.643. The number of hydrogen-bond donors (Lipinski definition) is 1. The number of likely N-dealkylation sites (N-methyl/N-ethyl adjacent to an activating group) is 1. The molecule has 0 aliphatic heterocycles. The van der Waals surface area contributed by atoms with Crippen LogP contribution in [0.4, 0.5) is 0 Å². The third-order valence-electron chi connectivity index (χ3n) is 4.15. The fourth-order valence-corrected chi connectivity index (χ4v) is 2.93. The standard InChI is InChI=1S/C14H21ClN4O/c1-19(2)14(6-4-3-5-7-14)10-17-13(20)11-8-16-9-12(15)18-11/h8-9H,3-7,10H2,1-2H3,(H,17,20). The van der Waals surface area contributed by atoms with Crippen molar-refractivity contribution in [2.75, 3.05) is 20.6 Å². The molecule has 5 nitrogen and oxygen atoms in total. The van der Waals surface area contributed by atoms with E-state index in [9.17, 15) is 4.79 Å². The summed E-state index contributed by atoms with van der Waals surface area (Å²) in [5.74, 6) is -0.216. The maximum atomic E-state index is 12.1. The second-order valence-corrected chi connectivity index (χ2v) is 5.98. The molecule has 0 aromatic carbocycles. The molecule has 1 aromatic rings. The lowest BCUT2D eigenvalue weighted by atomic mass is 9.80. The van der Waals surface area contributed by atoms with Crippen LogP contribution in [0.15, 0.2) is 12.4 Å². The average Bonchev–Trinajstić information content (AvgIpc) is 2.45. The quantitative estimate of drug-likeness (QED) is 0.925. The monoisotopic (exact) mass is 296 g/mol. The van der Waals surface area contributed by atoms with Gasteiger partial charge in [0, 0.05) is 12.1 Å². The summed E-state index contributed by atoms with van der Waals surface area (Å²) in [6.45, 7) is 0.632. The number of halogens is 1. The zero-order chi connectivity index (χ0) is 14.6. The van der Waals surface area contributed by atoms with E-state index in [-0.39, 0.29) is 22.3 Å². The molecule has 0 atom stereocenters. The normalized spacial score (nSPS) is 18.0. The highest BCUT2D eigenvalue weighted by atomic mass is 35.5. The van der Waals surface area contributed by atoms with Gasteiger partial charge in [0.15, 0.2) is 0 Å². The molecule has 0 unspecified atom stereocenters. The summed E-state index contributed by atoms with van der Waals surface area (Å²) in [7, 11) is 4.16. The zero-order valence-corrected chi connectivity index (χ0v) is 12.8. The molecule has 0 saturated heterocycles. The zero-order valence-electron chi connectivity index (χ0n) is 12.0. The molecule has 0 spiro atoms. The van der Waals surface area contributed by atoms with Gasteiger partial charge in [-0.15, -0.1) is 0 Å². The minimum atomic E-state index is -0.216. The molecule has 1 fully saturated rings. The van der Waals surface area contributed by atoms with Gasteiger partial charge in [-0.1, -0.05) is 30.9 Å². The third kappa shape index (κ3) is 3.46. The summed E-state index contributed by atoms with van der Waals surface area (Å²) >= 11 is 5.75. The number of carbonyl (C=O) groups is 1. The summed E-state index contributed by atoms with van der Waals surface area (Å²) in [4.78, 5) is 22.2. The highest BCUT2D eigenvalue weighted by molar-refractivity contribution is 6.29. The van der Waals surface area contributed by atoms with E-state index >= 15 is 0 Å². The van der Waals surface area contributed by atoms with Gasteiger partial charge in [-0.05, 0) is 26.9 Å². The number of nitrogens with one attached hydrogen (secondary N) is 1. The SMILES string of the molecule is CN(C)C1(CNC(=O)c2cncc(Cl)n2)CCCCC1. The first-order valence-electron chi connectivity index (χ1n) is 6.97. The number of aromatic nitrogens is 2. The van der Waals surface area contributed by atoms with E-state index in [4.69, 9.17) is 11.6 Å². The van der Waals surface area contributed by atoms with Gasteiger partial charge in [0.1, 0.15) is 10.8 Å². The van der Waals surface area contributed by atoms with E-state index in [1.54, 1.807) is 0 Å². The van der Waals surface area contributed by atoms with E-state index in [2.05, 4.69) is 34.3 Å². The van der Waals surface area contributed by atoms with Gasteiger partial charge in [0.2, 0.25) is 0 Å². The summed E-state index contributed by atoms with van der Waals surface area (Å²) in [5, 5.41) is 3.21. The van der Waals surface area contributed by atoms with Crippen molar-refractivity contribution in [3.8, 4) is 0 Å². The van der Waals surface area contributed by atoms with Crippen LogP contribution in [-0.2, 0) is 0 Å². The fourth-order valence-electron chi connectivity index (χ4n) is 2.78. The predicted molar refractivity (Wildman–Crippen MR) is 78.9 cm³/mol. The molecule has 1 amide bonds. The Morgan fingerprint density at radius 3 is 2.65 bits per heavy atom. The number of carbonyl (C=O) groups excluding carboxylic acids is 1. The van der Waals surface area contributed by atoms with Gasteiger partial charge < -0.3 is 10.2 Å². The molecular weight excluding hydrogens is 276 g/mol. The molecule has 6 heteroatoms. The van der Waals surface area contributed by atoms with Crippen molar-refractivity contribution in [1.82, 2.24) is 20.2 Å². The second kappa shape index (κ2) is 6.50. The lowest BCUT2D eigenvalue weighted by Crippen LogP contribution is -2.53. The first kappa shape index (κ1) is 15.2. The van der Waals surface area contributed by atoms with Crippen molar-refractivity contribution in [1.29, 1.82) is 0 Å². The van der Waals surface area contributed by atoms with E-state index in [0.717, 1.165) is 12.8 Å². The molecule has 20 heavy (non-hydrogen) atoms. The topological polar surface area (TPSA) is 58.1 Å². The second-order valence-electron chi connectivity index (χ2n) is 5.59. The molecule has 0 bridgehead atoms. The van der Waals surface area contributed by atoms with Gasteiger partial charge in [-0.3, -0.25) is 9.78 Å². The Labute approximate surface area is 124 Å². The summed E-state index contributed by atoms with van der Waals surface area (Å²) in [6, 6.07) is 0. The summed E-state index contributed by atoms with van der Waals surface area (Å²) in [6.07, 6.45) is 8.79.